The third-order valence-electron chi connectivity index (χ3n) is 4.08. The number of hydrogen-bond donors (Lipinski definition) is 1. The highest BCUT2D eigenvalue weighted by Crippen LogP contribution is 2.29. The fourth-order valence-corrected chi connectivity index (χ4v) is 2.89. The Hall–Kier alpha value is -2.86. The van der Waals surface area contributed by atoms with Gasteiger partial charge in [0, 0.05) is 17.7 Å². The van der Waals surface area contributed by atoms with E-state index in [0.29, 0.717) is 30.3 Å². The van der Waals surface area contributed by atoms with Crippen molar-refractivity contribution in [3.63, 3.8) is 0 Å². The van der Waals surface area contributed by atoms with Crippen LogP contribution in [0.4, 0.5) is 0 Å². The van der Waals surface area contributed by atoms with E-state index < -0.39 is 5.91 Å². The second-order valence-corrected chi connectivity index (χ2v) is 6.72. The van der Waals surface area contributed by atoms with Crippen molar-refractivity contribution in [1.82, 2.24) is 4.90 Å². The number of nitrogens with zero attached hydrogens (tertiary/aromatic N) is 2. The molecule has 6 nitrogen and oxygen atoms in total. The van der Waals surface area contributed by atoms with Gasteiger partial charge in [0.2, 0.25) is 0 Å². The summed E-state index contributed by atoms with van der Waals surface area (Å²) in [6.07, 6.45) is 0. The summed E-state index contributed by atoms with van der Waals surface area (Å²) < 4.78 is 11.1. The van der Waals surface area contributed by atoms with Crippen LogP contribution in [0.15, 0.2) is 41.4 Å². The molecule has 0 spiro atoms. The molecule has 0 aliphatic rings. The van der Waals surface area contributed by atoms with E-state index in [1.807, 2.05) is 47.0 Å². The number of amides is 1. The minimum atomic E-state index is -0.418. The van der Waals surface area contributed by atoms with Gasteiger partial charge in [0.15, 0.2) is 11.5 Å². The Balaban J connectivity index is 2.27. The van der Waals surface area contributed by atoms with Gasteiger partial charge in [0.25, 0.3) is 5.91 Å². The van der Waals surface area contributed by atoms with Crippen LogP contribution in [-0.4, -0.2) is 44.0 Å². The summed E-state index contributed by atoms with van der Waals surface area (Å²) in [7, 11) is 4.04. The van der Waals surface area contributed by atoms with E-state index in [-0.39, 0.29) is 5.84 Å². The van der Waals surface area contributed by atoms with Crippen LogP contribution in [0.2, 0.25) is 0 Å². The lowest BCUT2D eigenvalue weighted by Gasteiger charge is -2.13. The van der Waals surface area contributed by atoms with Crippen molar-refractivity contribution < 1.29 is 14.3 Å². The van der Waals surface area contributed by atoms with Crippen molar-refractivity contribution in [2.45, 2.75) is 27.3 Å². The van der Waals surface area contributed by atoms with Gasteiger partial charge in [-0.3, -0.25) is 4.79 Å². The van der Waals surface area contributed by atoms with Crippen LogP contribution in [0.25, 0.3) is 0 Å². The summed E-state index contributed by atoms with van der Waals surface area (Å²) >= 11 is 0. The first-order chi connectivity index (χ1) is 13.3. The number of rotatable bonds is 8. The third-order valence-corrected chi connectivity index (χ3v) is 4.08. The van der Waals surface area contributed by atoms with Crippen molar-refractivity contribution in [1.29, 1.82) is 0 Å². The van der Waals surface area contributed by atoms with E-state index in [9.17, 15) is 4.79 Å². The number of benzene rings is 2. The van der Waals surface area contributed by atoms with Crippen LogP contribution in [0.1, 0.15) is 40.9 Å². The van der Waals surface area contributed by atoms with Gasteiger partial charge in [-0.25, -0.2) is 0 Å². The Kier molecular flexibility index (Phi) is 7.58. The fourth-order valence-electron chi connectivity index (χ4n) is 2.89. The predicted octanol–water partition coefficient (Wildman–Crippen LogP) is 3.40. The van der Waals surface area contributed by atoms with E-state index in [2.05, 4.69) is 16.0 Å². The highest BCUT2D eigenvalue weighted by Gasteiger charge is 2.13. The quantitative estimate of drug-likeness (QED) is 0.558. The van der Waals surface area contributed by atoms with E-state index in [1.54, 1.807) is 18.2 Å². The van der Waals surface area contributed by atoms with Gasteiger partial charge in [-0.05, 0) is 64.2 Å². The van der Waals surface area contributed by atoms with E-state index in [0.717, 1.165) is 17.7 Å². The van der Waals surface area contributed by atoms with Crippen LogP contribution in [0.5, 0.6) is 11.5 Å². The lowest BCUT2D eigenvalue weighted by atomic mass is 10.0. The van der Waals surface area contributed by atoms with Crippen LogP contribution < -0.4 is 15.2 Å². The zero-order chi connectivity index (χ0) is 20.7. The predicted molar refractivity (Wildman–Crippen MR) is 112 cm³/mol. The molecule has 28 heavy (non-hydrogen) atoms. The highest BCUT2D eigenvalue weighted by molar-refractivity contribution is 6.09. The Morgan fingerprint density at radius 1 is 1.04 bits per heavy atom. The first-order valence-electron chi connectivity index (χ1n) is 9.38. The number of carbonyl (C=O) groups excluding carboxylic acids is 1. The molecule has 0 fully saturated rings. The van der Waals surface area contributed by atoms with Gasteiger partial charge >= 0.3 is 0 Å². The molecule has 6 heteroatoms. The molecular formula is C22H29N3O3. The van der Waals surface area contributed by atoms with E-state index in [4.69, 9.17) is 15.2 Å². The van der Waals surface area contributed by atoms with Gasteiger partial charge in [0.05, 0.1) is 13.2 Å². The van der Waals surface area contributed by atoms with E-state index >= 15 is 0 Å². The standard InChI is InChI=1S/C22H29N3O3/c1-6-27-19-11-9-17(13-20(19)28-7-2)22(26)24-21(23)18-10-8-16(12-15(18)3)14-25(4)5/h8-13H,6-7,14H2,1-5H3,(H2,23,24,26). The number of aryl methyl sites for hydroxylation is 1. The molecule has 2 N–H and O–H groups in total. The minimum absolute atomic E-state index is 0.200. The van der Waals surface area contributed by atoms with Crippen molar-refractivity contribution in [2.75, 3.05) is 27.3 Å². The largest absolute Gasteiger partial charge is 0.490 e. The Morgan fingerprint density at radius 2 is 1.71 bits per heavy atom. The highest BCUT2D eigenvalue weighted by atomic mass is 16.5. The summed E-state index contributed by atoms with van der Waals surface area (Å²) in [6, 6.07) is 11.0. The molecular weight excluding hydrogens is 354 g/mol. The lowest BCUT2D eigenvalue weighted by Crippen LogP contribution is -2.18. The molecule has 150 valence electrons. The summed E-state index contributed by atoms with van der Waals surface area (Å²) in [4.78, 5) is 18.8. The van der Waals surface area contributed by atoms with Gasteiger partial charge in [0.1, 0.15) is 5.84 Å². The Morgan fingerprint density at radius 3 is 2.32 bits per heavy atom. The summed E-state index contributed by atoms with van der Waals surface area (Å²) in [6.45, 7) is 7.56. The number of nitrogens with two attached hydrogens (primary N) is 1. The third kappa shape index (κ3) is 5.57. The first-order valence-corrected chi connectivity index (χ1v) is 9.38. The molecule has 0 aliphatic carbocycles. The van der Waals surface area contributed by atoms with Crippen LogP contribution in [0.3, 0.4) is 0 Å². The normalized spacial score (nSPS) is 11.6. The summed E-state index contributed by atoms with van der Waals surface area (Å²) in [5.41, 5.74) is 9.44. The smallest absolute Gasteiger partial charge is 0.279 e. The van der Waals surface area contributed by atoms with Crippen LogP contribution in [0, 0.1) is 6.92 Å². The number of amidine groups is 1. The molecule has 0 radical (unpaired) electrons. The van der Waals surface area contributed by atoms with Gasteiger partial charge in [-0.2, -0.15) is 4.99 Å². The molecule has 0 aliphatic heterocycles. The van der Waals surface area contributed by atoms with Gasteiger partial charge < -0.3 is 20.1 Å². The Labute approximate surface area is 167 Å². The van der Waals surface area contributed by atoms with Crippen molar-refractivity contribution in [2.24, 2.45) is 10.7 Å². The SMILES string of the molecule is CCOc1ccc(C(=O)N=C(N)c2ccc(CN(C)C)cc2C)cc1OCC. The molecule has 2 rings (SSSR count). The average molecular weight is 383 g/mol. The van der Waals surface area contributed by atoms with Crippen molar-refractivity contribution in [3.05, 3.63) is 58.7 Å². The number of hydrogen-bond acceptors (Lipinski definition) is 4. The maximum atomic E-state index is 12.6. The van der Waals surface area contributed by atoms with Crippen LogP contribution in [-0.2, 0) is 6.54 Å². The molecule has 0 saturated heterocycles. The topological polar surface area (TPSA) is 77.1 Å². The molecule has 1 amide bonds. The van der Waals surface area contributed by atoms with Gasteiger partial charge in [-0.15, -0.1) is 0 Å². The molecule has 0 bridgehead atoms. The van der Waals surface area contributed by atoms with Crippen molar-refractivity contribution >= 4 is 11.7 Å². The molecule has 0 heterocycles. The fraction of sp³-hybridized carbons (Fsp3) is 0.364. The molecule has 0 aromatic heterocycles. The molecule has 2 aromatic rings. The second-order valence-electron chi connectivity index (χ2n) is 6.72. The summed E-state index contributed by atoms with van der Waals surface area (Å²) in [5, 5.41) is 0. The second kappa shape index (κ2) is 9.90. The Bertz CT molecular complexity index is 860. The maximum absolute atomic E-state index is 12.6. The van der Waals surface area contributed by atoms with Gasteiger partial charge in [-0.1, -0.05) is 18.2 Å². The number of ether oxygens (including phenoxy) is 2. The zero-order valence-corrected chi connectivity index (χ0v) is 17.3. The first kappa shape index (κ1) is 21.4. The average Bonchev–Trinajstić information content (AvgIpc) is 2.63. The maximum Gasteiger partial charge on any atom is 0.279 e. The molecule has 0 atom stereocenters. The van der Waals surface area contributed by atoms with Crippen LogP contribution >= 0.6 is 0 Å². The monoisotopic (exact) mass is 383 g/mol. The molecule has 0 unspecified atom stereocenters. The summed E-state index contributed by atoms with van der Waals surface area (Å²) in [5.74, 6) is 0.905. The lowest BCUT2D eigenvalue weighted by molar-refractivity contribution is 0.100. The molecule has 0 saturated carbocycles. The van der Waals surface area contributed by atoms with E-state index in [1.165, 1.54) is 5.56 Å². The number of carbonyl (C=O) groups is 1. The number of aliphatic imine (C=N–C) groups is 1. The minimum Gasteiger partial charge on any atom is -0.490 e. The molecule has 2 aromatic carbocycles. The van der Waals surface area contributed by atoms with Crippen molar-refractivity contribution in [3.8, 4) is 11.5 Å². The zero-order valence-electron chi connectivity index (χ0n) is 17.3.